The Labute approximate surface area is 97.7 Å². The zero-order valence-corrected chi connectivity index (χ0v) is 12.3. The number of hydrogen-bond donors (Lipinski definition) is 0. The lowest BCUT2D eigenvalue weighted by atomic mass is 10.2. The molecule has 0 unspecified atom stereocenters. The third kappa shape index (κ3) is 6.36. The van der Waals surface area contributed by atoms with Gasteiger partial charge in [-0.3, -0.25) is 0 Å². The molecular weight excluding hydrogens is 200 g/mol. The average Bonchev–Trinajstić information content (AvgIpc) is 2.27. The second-order valence-electron chi connectivity index (χ2n) is 4.49. The molecule has 2 heteroatoms. The minimum absolute atomic E-state index is 0.920. The predicted molar refractivity (Wildman–Crippen MR) is 71.9 cm³/mol. The molecule has 0 aliphatic heterocycles. The van der Waals surface area contributed by atoms with Gasteiger partial charge in [0.05, 0.1) is 0 Å². The van der Waals surface area contributed by atoms with Crippen LogP contribution in [0, 0.1) is 0 Å². The fourth-order valence-electron chi connectivity index (χ4n) is 2.24. The van der Waals surface area contributed by atoms with Crippen molar-refractivity contribution in [2.75, 3.05) is 6.61 Å². The first kappa shape index (κ1) is 15.2. The number of unbranched alkanes of at least 4 members (excludes halogenated alkanes) is 4. The highest BCUT2D eigenvalue weighted by Crippen LogP contribution is 2.25. The Morgan fingerprint density at radius 3 is 1.87 bits per heavy atom. The van der Waals surface area contributed by atoms with E-state index in [0.29, 0.717) is 0 Å². The molecule has 0 aromatic heterocycles. The van der Waals surface area contributed by atoms with E-state index < -0.39 is 8.32 Å². The van der Waals surface area contributed by atoms with Crippen LogP contribution < -0.4 is 0 Å². The van der Waals surface area contributed by atoms with E-state index in [2.05, 4.69) is 27.7 Å². The summed E-state index contributed by atoms with van der Waals surface area (Å²) in [5, 5.41) is 0. The van der Waals surface area contributed by atoms with Gasteiger partial charge in [0.1, 0.15) is 0 Å². The van der Waals surface area contributed by atoms with Crippen molar-refractivity contribution >= 4 is 8.32 Å². The first-order chi connectivity index (χ1) is 7.24. The molecule has 0 aliphatic carbocycles. The molecule has 0 aliphatic rings. The smallest absolute Gasteiger partial charge is 0.192 e. The van der Waals surface area contributed by atoms with Gasteiger partial charge < -0.3 is 4.43 Å². The van der Waals surface area contributed by atoms with E-state index in [1.165, 1.54) is 50.2 Å². The maximum atomic E-state index is 6.07. The van der Waals surface area contributed by atoms with E-state index in [1.54, 1.807) is 0 Å². The van der Waals surface area contributed by atoms with Gasteiger partial charge in [-0.05, 0) is 25.1 Å². The Kier molecular flexibility index (Phi) is 9.52. The molecule has 0 N–H and O–H groups in total. The topological polar surface area (TPSA) is 9.23 Å². The van der Waals surface area contributed by atoms with Crippen LogP contribution in [0.1, 0.15) is 59.8 Å². The van der Waals surface area contributed by atoms with Crippen LogP contribution in [-0.4, -0.2) is 14.9 Å². The fourth-order valence-corrected chi connectivity index (χ4v) is 5.50. The van der Waals surface area contributed by atoms with Gasteiger partial charge in [-0.25, -0.2) is 0 Å². The molecule has 0 fully saturated rings. The van der Waals surface area contributed by atoms with E-state index in [1.807, 2.05) is 0 Å². The molecule has 92 valence electrons. The summed E-state index contributed by atoms with van der Waals surface area (Å²) in [6.45, 7) is 9.97. The first-order valence-corrected chi connectivity index (χ1v) is 9.41. The largest absolute Gasteiger partial charge is 0.417 e. The van der Waals surface area contributed by atoms with Gasteiger partial charge in [-0.2, -0.15) is 0 Å². The van der Waals surface area contributed by atoms with Gasteiger partial charge in [-0.1, -0.05) is 52.9 Å². The van der Waals surface area contributed by atoms with Gasteiger partial charge in [-0.15, -0.1) is 0 Å². The van der Waals surface area contributed by atoms with Crippen molar-refractivity contribution in [1.29, 1.82) is 0 Å². The minimum atomic E-state index is -1.30. The molecule has 0 radical (unpaired) electrons. The van der Waals surface area contributed by atoms with Crippen LogP contribution in [0.5, 0.6) is 0 Å². The highest BCUT2D eigenvalue weighted by atomic mass is 28.4. The van der Waals surface area contributed by atoms with E-state index in [0.717, 1.165) is 6.61 Å². The van der Waals surface area contributed by atoms with Gasteiger partial charge >= 0.3 is 0 Å². The van der Waals surface area contributed by atoms with E-state index >= 15 is 0 Å². The quantitative estimate of drug-likeness (QED) is 0.380. The van der Waals surface area contributed by atoms with Gasteiger partial charge in [0.15, 0.2) is 8.32 Å². The normalized spacial score (nSPS) is 12.0. The van der Waals surface area contributed by atoms with E-state index in [9.17, 15) is 0 Å². The fraction of sp³-hybridized carbons (Fsp3) is 1.00. The van der Waals surface area contributed by atoms with Crippen LogP contribution >= 0.6 is 0 Å². The Morgan fingerprint density at radius 1 is 0.800 bits per heavy atom. The Bertz CT molecular complexity index is 132. The zero-order valence-electron chi connectivity index (χ0n) is 11.3. The summed E-state index contributed by atoms with van der Waals surface area (Å²) >= 11 is 0. The van der Waals surface area contributed by atoms with Gasteiger partial charge in [0.2, 0.25) is 0 Å². The van der Waals surface area contributed by atoms with E-state index in [4.69, 9.17) is 4.43 Å². The molecule has 0 spiro atoms. The van der Waals surface area contributed by atoms with Gasteiger partial charge in [0.25, 0.3) is 0 Å². The lowest BCUT2D eigenvalue weighted by Crippen LogP contribution is -2.36. The first-order valence-electron chi connectivity index (χ1n) is 6.88. The summed E-state index contributed by atoms with van der Waals surface area (Å²) < 4.78 is 6.07. The summed E-state index contributed by atoms with van der Waals surface area (Å²) in [5.74, 6) is 0. The molecule has 0 saturated heterocycles. The van der Waals surface area contributed by atoms with Crippen LogP contribution in [-0.2, 0) is 4.43 Å². The summed E-state index contributed by atoms with van der Waals surface area (Å²) in [6.07, 6.45) is 6.97. The maximum Gasteiger partial charge on any atom is 0.192 e. The van der Waals surface area contributed by atoms with Crippen molar-refractivity contribution in [1.82, 2.24) is 0 Å². The van der Waals surface area contributed by atoms with Crippen LogP contribution in [0.3, 0.4) is 0 Å². The molecular formula is C13H30OSi. The molecule has 0 amide bonds. The molecule has 1 nitrogen and oxygen atoms in total. The third-order valence-electron chi connectivity index (χ3n) is 3.48. The minimum Gasteiger partial charge on any atom is -0.417 e. The molecule has 0 rings (SSSR count). The summed E-state index contributed by atoms with van der Waals surface area (Å²) in [5.41, 5.74) is 0. The van der Waals surface area contributed by atoms with Crippen molar-refractivity contribution in [2.45, 2.75) is 77.9 Å². The predicted octanol–water partition coefficient (Wildman–Crippen LogP) is 4.98. The lowest BCUT2D eigenvalue weighted by Gasteiger charge is -2.28. The number of hydrogen-bond acceptors (Lipinski definition) is 1. The highest BCUT2D eigenvalue weighted by Gasteiger charge is 2.29. The number of rotatable bonds is 10. The third-order valence-corrected chi connectivity index (χ3v) is 8.22. The van der Waals surface area contributed by atoms with Crippen LogP contribution in [0.15, 0.2) is 0 Å². The Hall–Kier alpha value is 0.177. The second-order valence-corrected chi connectivity index (χ2v) is 9.06. The van der Waals surface area contributed by atoms with Crippen molar-refractivity contribution < 1.29 is 4.43 Å². The van der Waals surface area contributed by atoms with E-state index in [-0.39, 0.29) is 0 Å². The zero-order chi connectivity index (χ0) is 11.6. The Balaban J connectivity index is 3.74. The average molecular weight is 230 g/mol. The summed E-state index contributed by atoms with van der Waals surface area (Å²) in [4.78, 5) is 0. The van der Waals surface area contributed by atoms with Crippen LogP contribution in [0.4, 0.5) is 0 Å². The summed E-state index contributed by atoms with van der Waals surface area (Å²) in [6, 6.07) is 3.98. The lowest BCUT2D eigenvalue weighted by molar-refractivity contribution is 0.318. The standard InChI is InChI=1S/C13H30OSi/c1-5-9-10-11-12-13-15(7-3,8-4)14-6-2/h5-13H2,1-4H3. The molecule has 0 heterocycles. The maximum absolute atomic E-state index is 6.07. The van der Waals surface area contributed by atoms with Crippen molar-refractivity contribution in [2.24, 2.45) is 0 Å². The molecule has 0 bridgehead atoms. The highest BCUT2D eigenvalue weighted by molar-refractivity contribution is 6.73. The van der Waals surface area contributed by atoms with Crippen molar-refractivity contribution in [3.63, 3.8) is 0 Å². The Morgan fingerprint density at radius 2 is 1.40 bits per heavy atom. The molecule has 0 saturated carbocycles. The molecule has 15 heavy (non-hydrogen) atoms. The molecule has 0 aromatic rings. The van der Waals surface area contributed by atoms with Crippen LogP contribution in [0.25, 0.3) is 0 Å². The van der Waals surface area contributed by atoms with Crippen LogP contribution in [0.2, 0.25) is 18.1 Å². The van der Waals surface area contributed by atoms with Crippen molar-refractivity contribution in [3.05, 3.63) is 0 Å². The molecule has 0 aromatic carbocycles. The monoisotopic (exact) mass is 230 g/mol. The second kappa shape index (κ2) is 9.41. The summed E-state index contributed by atoms with van der Waals surface area (Å²) in [7, 11) is -1.30. The van der Waals surface area contributed by atoms with Gasteiger partial charge in [0, 0.05) is 6.61 Å². The SMILES string of the molecule is CCCCCCC[Si](CC)(CC)OCC. The molecule has 0 atom stereocenters. The van der Waals surface area contributed by atoms with Crippen molar-refractivity contribution in [3.8, 4) is 0 Å².